The fourth-order valence-corrected chi connectivity index (χ4v) is 2.86. The second-order valence-corrected chi connectivity index (χ2v) is 6.24. The summed E-state index contributed by atoms with van der Waals surface area (Å²) >= 11 is 4.51. The quantitative estimate of drug-likeness (QED) is 0.765. The molecule has 0 N–H and O–H groups in total. The zero-order valence-corrected chi connectivity index (χ0v) is 12.1. The number of rotatable bonds is 4. The van der Waals surface area contributed by atoms with Crippen LogP contribution < -0.4 is 0 Å². The summed E-state index contributed by atoms with van der Waals surface area (Å²) in [6, 6.07) is 0.610. The molecule has 0 radical (unpaired) electrons. The lowest BCUT2D eigenvalue weighted by Gasteiger charge is -2.40. The van der Waals surface area contributed by atoms with Crippen molar-refractivity contribution in [2.75, 3.05) is 32.1 Å². The maximum atomic E-state index is 5.54. The topological polar surface area (TPSA) is 12.5 Å². The molecule has 0 aromatic rings. The maximum Gasteiger partial charge on any atom is 0.0622 e. The molecule has 16 heavy (non-hydrogen) atoms. The molecule has 0 aliphatic carbocycles. The van der Waals surface area contributed by atoms with Gasteiger partial charge in [-0.05, 0) is 23.5 Å². The number of nitrogens with zero attached hydrogens (tertiary/aromatic N) is 1. The molecule has 0 aromatic carbocycles. The van der Waals surface area contributed by atoms with Crippen LogP contribution in [0.5, 0.6) is 0 Å². The van der Waals surface area contributed by atoms with Crippen LogP contribution in [0.15, 0.2) is 0 Å². The van der Waals surface area contributed by atoms with Crippen molar-refractivity contribution in [2.24, 2.45) is 11.3 Å². The van der Waals surface area contributed by atoms with Crippen LogP contribution in [-0.2, 0) is 4.74 Å². The second-order valence-electron chi connectivity index (χ2n) is 5.88. The molecule has 3 heteroatoms. The van der Waals surface area contributed by atoms with Gasteiger partial charge < -0.3 is 4.74 Å². The predicted octanol–water partition coefficient (Wildman–Crippen LogP) is 2.69. The maximum absolute atomic E-state index is 5.54. The van der Waals surface area contributed by atoms with Crippen molar-refractivity contribution in [3.05, 3.63) is 0 Å². The first-order valence-electron chi connectivity index (χ1n) is 6.41. The highest BCUT2D eigenvalue weighted by atomic mass is 32.1. The molecule has 0 bridgehead atoms. The highest BCUT2D eigenvalue weighted by Crippen LogP contribution is 2.28. The summed E-state index contributed by atoms with van der Waals surface area (Å²) in [5.41, 5.74) is 0.346. The van der Waals surface area contributed by atoms with Gasteiger partial charge >= 0.3 is 0 Å². The average Bonchev–Trinajstić information content (AvgIpc) is 2.24. The number of morpholine rings is 1. The molecule has 1 aliphatic heterocycles. The summed E-state index contributed by atoms with van der Waals surface area (Å²) in [5.74, 6) is 1.63. The van der Waals surface area contributed by atoms with Crippen LogP contribution in [-0.4, -0.2) is 43.0 Å². The van der Waals surface area contributed by atoms with Crippen LogP contribution >= 0.6 is 12.6 Å². The van der Waals surface area contributed by atoms with Gasteiger partial charge in [-0.1, -0.05) is 27.7 Å². The van der Waals surface area contributed by atoms with Crippen LogP contribution in [0.4, 0.5) is 0 Å². The fraction of sp³-hybridized carbons (Fsp3) is 1.00. The van der Waals surface area contributed by atoms with E-state index in [4.69, 9.17) is 4.74 Å². The molecule has 0 spiro atoms. The Morgan fingerprint density at radius 3 is 2.62 bits per heavy atom. The Morgan fingerprint density at radius 2 is 2.12 bits per heavy atom. The van der Waals surface area contributed by atoms with Gasteiger partial charge in [-0.3, -0.25) is 4.90 Å². The highest BCUT2D eigenvalue weighted by Gasteiger charge is 2.29. The van der Waals surface area contributed by atoms with E-state index in [1.54, 1.807) is 0 Å². The minimum atomic E-state index is 0.346. The van der Waals surface area contributed by atoms with Crippen LogP contribution in [0.1, 0.15) is 34.1 Å². The molecule has 1 rings (SSSR count). The van der Waals surface area contributed by atoms with Gasteiger partial charge in [-0.15, -0.1) is 0 Å². The molecule has 2 nitrogen and oxygen atoms in total. The van der Waals surface area contributed by atoms with E-state index in [9.17, 15) is 0 Å². The zero-order chi connectivity index (χ0) is 12.2. The van der Waals surface area contributed by atoms with Crippen molar-refractivity contribution in [1.82, 2.24) is 4.90 Å². The van der Waals surface area contributed by atoms with Crippen molar-refractivity contribution in [1.29, 1.82) is 0 Å². The lowest BCUT2D eigenvalue weighted by atomic mass is 9.81. The first-order valence-corrected chi connectivity index (χ1v) is 7.05. The first kappa shape index (κ1) is 14.3. The Hall–Kier alpha value is 0.270. The standard InChI is InChI=1S/C13H27NOS/c1-5-12-9-15-7-6-14(12)8-11(10-16)13(2,3)4/h11-12,16H,5-10H2,1-4H3. The van der Waals surface area contributed by atoms with Crippen molar-refractivity contribution in [3.8, 4) is 0 Å². The Labute approximate surface area is 106 Å². The Kier molecular flexibility index (Phi) is 5.62. The van der Waals surface area contributed by atoms with Gasteiger partial charge in [0.15, 0.2) is 0 Å². The monoisotopic (exact) mass is 245 g/mol. The number of hydrogen-bond donors (Lipinski definition) is 1. The first-order chi connectivity index (χ1) is 7.49. The van der Waals surface area contributed by atoms with Crippen molar-refractivity contribution >= 4 is 12.6 Å². The fourth-order valence-electron chi connectivity index (χ4n) is 2.19. The number of ether oxygens (including phenoxy) is 1. The molecular formula is C13H27NOS. The predicted molar refractivity (Wildman–Crippen MR) is 73.3 cm³/mol. The lowest BCUT2D eigenvalue weighted by molar-refractivity contribution is -0.0212. The van der Waals surface area contributed by atoms with E-state index in [1.807, 2.05) is 0 Å². The molecule has 0 saturated carbocycles. The largest absolute Gasteiger partial charge is 0.378 e. The van der Waals surface area contributed by atoms with Crippen LogP contribution in [0.25, 0.3) is 0 Å². The SMILES string of the molecule is CCC1COCCN1CC(CS)C(C)(C)C. The third kappa shape index (κ3) is 3.94. The lowest BCUT2D eigenvalue weighted by Crippen LogP contribution is -2.49. The normalized spacial score (nSPS) is 25.7. The molecule has 0 aromatic heterocycles. The highest BCUT2D eigenvalue weighted by molar-refractivity contribution is 7.80. The van der Waals surface area contributed by atoms with Gasteiger partial charge in [0.25, 0.3) is 0 Å². The smallest absolute Gasteiger partial charge is 0.0622 e. The molecule has 0 amide bonds. The summed E-state index contributed by atoms with van der Waals surface area (Å²) < 4.78 is 5.54. The Balaban J connectivity index is 2.55. The summed E-state index contributed by atoms with van der Waals surface area (Å²) in [5, 5.41) is 0. The van der Waals surface area contributed by atoms with E-state index in [1.165, 1.54) is 6.42 Å². The third-order valence-corrected chi connectivity index (χ3v) is 4.16. The summed E-state index contributed by atoms with van der Waals surface area (Å²) in [6.45, 7) is 13.2. The number of hydrogen-bond acceptors (Lipinski definition) is 3. The third-order valence-electron chi connectivity index (χ3n) is 3.72. The minimum Gasteiger partial charge on any atom is -0.378 e. The van der Waals surface area contributed by atoms with Gasteiger partial charge in [0.2, 0.25) is 0 Å². The van der Waals surface area contributed by atoms with Crippen LogP contribution in [0, 0.1) is 11.3 Å². The van der Waals surface area contributed by atoms with Gasteiger partial charge in [-0.2, -0.15) is 12.6 Å². The van der Waals surface area contributed by atoms with E-state index < -0.39 is 0 Å². The summed E-state index contributed by atoms with van der Waals surface area (Å²) in [4.78, 5) is 2.59. The van der Waals surface area contributed by atoms with E-state index in [0.717, 1.165) is 32.1 Å². The molecule has 1 fully saturated rings. The van der Waals surface area contributed by atoms with E-state index in [2.05, 4.69) is 45.2 Å². The number of thiol groups is 1. The zero-order valence-electron chi connectivity index (χ0n) is 11.2. The van der Waals surface area contributed by atoms with E-state index >= 15 is 0 Å². The minimum absolute atomic E-state index is 0.346. The van der Waals surface area contributed by atoms with Gasteiger partial charge in [-0.25, -0.2) is 0 Å². The second kappa shape index (κ2) is 6.27. The van der Waals surface area contributed by atoms with E-state index in [-0.39, 0.29) is 0 Å². The Bertz CT molecular complexity index is 203. The van der Waals surface area contributed by atoms with E-state index in [0.29, 0.717) is 17.4 Å². The molecule has 1 saturated heterocycles. The summed E-state index contributed by atoms with van der Waals surface area (Å²) in [6.07, 6.45) is 1.18. The van der Waals surface area contributed by atoms with Gasteiger partial charge in [0.05, 0.1) is 13.2 Å². The Morgan fingerprint density at radius 1 is 1.44 bits per heavy atom. The summed E-state index contributed by atoms with van der Waals surface area (Å²) in [7, 11) is 0. The van der Waals surface area contributed by atoms with Gasteiger partial charge in [0.1, 0.15) is 0 Å². The van der Waals surface area contributed by atoms with Crippen molar-refractivity contribution < 1.29 is 4.74 Å². The molecule has 96 valence electrons. The van der Waals surface area contributed by atoms with Crippen molar-refractivity contribution in [2.45, 2.75) is 40.2 Å². The van der Waals surface area contributed by atoms with Crippen LogP contribution in [0.2, 0.25) is 0 Å². The molecule has 2 atom stereocenters. The van der Waals surface area contributed by atoms with Gasteiger partial charge in [0, 0.05) is 19.1 Å². The van der Waals surface area contributed by atoms with Crippen molar-refractivity contribution in [3.63, 3.8) is 0 Å². The molecule has 1 heterocycles. The average molecular weight is 245 g/mol. The molecule has 1 aliphatic rings. The van der Waals surface area contributed by atoms with Crippen LogP contribution in [0.3, 0.4) is 0 Å². The molecular weight excluding hydrogens is 218 g/mol. The molecule has 2 unspecified atom stereocenters.